The number of methoxy groups -OCH3 is 1. The van der Waals surface area contributed by atoms with Gasteiger partial charge in [-0.15, -0.1) is 0 Å². The maximum absolute atomic E-state index is 11.6. The summed E-state index contributed by atoms with van der Waals surface area (Å²) in [5.74, 6) is 1.22. The Hall–Kier alpha value is -2.86. The molecule has 1 aromatic heterocycles. The molecule has 156 valence electrons. The molecule has 0 atom stereocenters. The van der Waals surface area contributed by atoms with E-state index in [4.69, 9.17) is 26.3 Å². The number of ether oxygens (including phenoxy) is 1. The van der Waals surface area contributed by atoms with Crippen molar-refractivity contribution in [2.75, 3.05) is 30.4 Å². The van der Waals surface area contributed by atoms with Crippen LogP contribution in [0.4, 0.5) is 11.8 Å². The number of anilines is 2. The Labute approximate surface area is 180 Å². The van der Waals surface area contributed by atoms with Crippen LogP contribution in [0, 0.1) is 0 Å². The lowest BCUT2D eigenvalue weighted by molar-refractivity contribution is 0.0600. The summed E-state index contributed by atoms with van der Waals surface area (Å²) in [5, 5.41) is 6.08. The zero-order valence-electron chi connectivity index (χ0n) is 17.0. The van der Waals surface area contributed by atoms with Gasteiger partial charge in [0.05, 0.1) is 18.0 Å². The number of fused-ring (bicyclic) bond motifs is 1. The molecule has 0 radical (unpaired) electrons. The molecule has 0 amide bonds. The second-order valence-corrected chi connectivity index (χ2v) is 7.93. The second-order valence-electron chi connectivity index (χ2n) is 7.45. The zero-order chi connectivity index (χ0) is 20.9. The number of carbonyl (C=O) groups excluding carboxylic acids is 1. The van der Waals surface area contributed by atoms with Crippen molar-refractivity contribution in [3.05, 3.63) is 57.1 Å². The number of piperidine rings is 1. The van der Waals surface area contributed by atoms with E-state index in [1.54, 1.807) is 12.1 Å². The summed E-state index contributed by atoms with van der Waals surface area (Å²) in [6.07, 6.45) is 10.2. The number of nitrogens with one attached hydrogen (secondary N) is 1. The molecule has 1 fully saturated rings. The third kappa shape index (κ3) is 4.65. The van der Waals surface area contributed by atoms with E-state index in [-0.39, 0.29) is 5.97 Å². The summed E-state index contributed by atoms with van der Waals surface area (Å²) in [6, 6.07) is 7.37. The van der Waals surface area contributed by atoms with E-state index in [0.717, 1.165) is 58.9 Å². The number of carbonyl (C=O) groups is 1. The van der Waals surface area contributed by atoms with Gasteiger partial charge in [0.15, 0.2) is 0 Å². The first-order valence-electron chi connectivity index (χ1n) is 10.2. The van der Waals surface area contributed by atoms with Crippen molar-refractivity contribution in [1.29, 1.82) is 0 Å². The predicted molar refractivity (Wildman–Crippen MR) is 120 cm³/mol. The number of hydrogen-bond acceptors (Lipinski definition) is 6. The Kier molecular flexibility index (Phi) is 6.33. The van der Waals surface area contributed by atoms with Gasteiger partial charge in [-0.1, -0.05) is 29.8 Å². The van der Waals surface area contributed by atoms with Crippen molar-refractivity contribution >= 4 is 41.5 Å². The first-order chi connectivity index (χ1) is 14.6. The first-order valence-corrected chi connectivity index (χ1v) is 10.6. The Morgan fingerprint density at radius 3 is 2.63 bits per heavy atom. The number of halogens is 1. The fraction of sp³-hybridized carbons (Fsp3) is 0.348. The van der Waals surface area contributed by atoms with E-state index in [0.29, 0.717) is 18.5 Å². The molecule has 1 N–H and O–H groups in total. The maximum atomic E-state index is 11.6. The Bertz CT molecular complexity index is 1070. The molecule has 0 saturated carbocycles. The summed E-state index contributed by atoms with van der Waals surface area (Å²) < 4.78 is 4.76. The fourth-order valence-electron chi connectivity index (χ4n) is 3.67. The average molecular weight is 425 g/mol. The molecule has 7 heteroatoms. The van der Waals surface area contributed by atoms with Gasteiger partial charge in [-0.2, -0.15) is 4.98 Å². The van der Waals surface area contributed by atoms with E-state index in [1.165, 1.54) is 13.5 Å². The lowest BCUT2D eigenvalue weighted by atomic mass is 10.1. The zero-order valence-corrected chi connectivity index (χ0v) is 17.8. The number of allylic oxidation sites excluding steroid dienone is 2. The molecule has 0 bridgehead atoms. The number of aromatic nitrogens is 2. The van der Waals surface area contributed by atoms with Gasteiger partial charge in [0.2, 0.25) is 5.95 Å². The molecule has 0 unspecified atom stereocenters. The lowest BCUT2D eigenvalue weighted by Gasteiger charge is -2.27. The molecule has 6 nitrogen and oxygen atoms in total. The van der Waals surface area contributed by atoms with Crippen LogP contribution in [0.2, 0.25) is 0 Å². The normalized spacial score (nSPS) is 15.8. The highest BCUT2D eigenvalue weighted by molar-refractivity contribution is 6.30. The van der Waals surface area contributed by atoms with Crippen molar-refractivity contribution in [2.24, 2.45) is 0 Å². The summed E-state index contributed by atoms with van der Waals surface area (Å²) in [4.78, 5) is 23.6. The van der Waals surface area contributed by atoms with E-state index in [1.807, 2.05) is 24.3 Å². The van der Waals surface area contributed by atoms with Crippen molar-refractivity contribution in [3.8, 4) is 0 Å². The van der Waals surface area contributed by atoms with E-state index in [9.17, 15) is 4.79 Å². The molecule has 1 aliphatic carbocycles. The molecule has 30 heavy (non-hydrogen) atoms. The van der Waals surface area contributed by atoms with Gasteiger partial charge in [0.1, 0.15) is 5.82 Å². The molecular formula is C23H25ClN4O2. The van der Waals surface area contributed by atoms with Crippen LogP contribution in [0.15, 0.2) is 35.4 Å². The third-order valence-electron chi connectivity index (χ3n) is 5.36. The molecule has 1 saturated heterocycles. The van der Waals surface area contributed by atoms with Crippen LogP contribution >= 0.6 is 11.6 Å². The largest absolute Gasteiger partial charge is 0.465 e. The van der Waals surface area contributed by atoms with Crippen LogP contribution in [0.1, 0.15) is 41.6 Å². The van der Waals surface area contributed by atoms with Gasteiger partial charge < -0.3 is 15.0 Å². The van der Waals surface area contributed by atoms with Crippen molar-refractivity contribution in [3.63, 3.8) is 0 Å². The van der Waals surface area contributed by atoms with Crippen molar-refractivity contribution in [2.45, 2.75) is 32.2 Å². The first kappa shape index (κ1) is 20.4. The van der Waals surface area contributed by atoms with Crippen LogP contribution < -0.4 is 20.8 Å². The maximum Gasteiger partial charge on any atom is 0.337 e. The van der Waals surface area contributed by atoms with E-state index in [2.05, 4.69) is 16.3 Å². The molecule has 2 heterocycles. The molecule has 2 aromatic rings. The quantitative estimate of drug-likeness (QED) is 0.744. The fourth-order valence-corrected chi connectivity index (χ4v) is 3.81. The minimum Gasteiger partial charge on any atom is -0.465 e. The lowest BCUT2D eigenvalue weighted by Crippen LogP contribution is -2.38. The minimum atomic E-state index is -0.337. The molecule has 1 aliphatic heterocycles. The van der Waals surface area contributed by atoms with Crippen molar-refractivity contribution in [1.82, 2.24) is 9.97 Å². The third-order valence-corrected chi connectivity index (χ3v) is 5.64. The number of benzene rings is 1. The summed E-state index contributed by atoms with van der Waals surface area (Å²) in [7, 11) is 1.38. The number of rotatable bonds is 5. The van der Waals surface area contributed by atoms with Crippen LogP contribution in [0.3, 0.4) is 0 Å². The van der Waals surface area contributed by atoms with Gasteiger partial charge in [-0.05, 0) is 49.1 Å². The van der Waals surface area contributed by atoms with Crippen LogP contribution in [-0.2, 0) is 11.3 Å². The molecule has 2 aliphatic rings. The van der Waals surface area contributed by atoms with Crippen LogP contribution in [-0.4, -0.2) is 36.1 Å². The van der Waals surface area contributed by atoms with Crippen molar-refractivity contribution < 1.29 is 9.53 Å². The van der Waals surface area contributed by atoms with Gasteiger partial charge in [0.25, 0.3) is 0 Å². The highest BCUT2D eigenvalue weighted by Crippen LogP contribution is 2.16. The smallest absolute Gasteiger partial charge is 0.337 e. The second kappa shape index (κ2) is 9.30. The number of nitrogens with zero attached hydrogens (tertiary/aromatic N) is 3. The van der Waals surface area contributed by atoms with Crippen LogP contribution in [0.25, 0.3) is 12.2 Å². The molecule has 4 rings (SSSR count). The highest BCUT2D eigenvalue weighted by atomic mass is 35.5. The topological polar surface area (TPSA) is 67.3 Å². The van der Waals surface area contributed by atoms with Gasteiger partial charge >= 0.3 is 5.97 Å². The van der Waals surface area contributed by atoms with Gasteiger partial charge in [-0.25, -0.2) is 9.78 Å². The van der Waals surface area contributed by atoms with Gasteiger partial charge in [-0.3, -0.25) is 0 Å². The van der Waals surface area contributed by atoms with Gasteiger partial charge in [0, 0.05) is 36.3 Å². The summed E-state index contributed by atoms with van der Waals surface area (Å²) >= 11 is 6.26. The Morgan fingerprint density at radius 2 is 1.90 bits per heavy atom. The average Bonchev–Trinajstić information content (AvgIpc) is 2.99. The standard InChI is InChI=1S/C23H25ClN4O2/c1-30-22(29)17-7-5-16(6-8-17)15-25-21-19-11-9-18(24)10-12-20(19)26-23(27-21)28-13-3-2-4-14-28/h5-8,10-12H,2-4,9,13-15H2,1H3,(H,25,26,27). The van der Waals surface area contributed by atoms with E-state index >= 15 is 0 Å². The molecule has 1 aromatic carbocycles. The Balaban J connectivity index is 1.63. The number of esters is 1. The summed E-state index contributed by atoms with van der Waals surface area (Å²) in [5.41, 5.74) is 1.58. The molecular weight excluding hydrogens is 400 g/mol. The highest BCUT2D eigenvalue weighted by Gasteiger charge is 2.16. The Morgan fingerprint density at radius 1 is 1.13 bits per heavy atom. The molecule has 0 spiro atoms. The monoisotopic (exact) mass is 424 g/mol. The predicted octanol–water partition coefficient (Wildman–Crippen LogP) is 2.95. The SMILES string of the molecule is COC(=O)c1ccc(CNc2nc(N3CCCCC3)nc3c2=CCC(Cl)=CC=3)cc1. The minimum absolute atomic E-state index is 0.337. The van der Waals surface area contributed by atoms with E-state index < -0.39 is 0 Å². The summed E-state index contributed by atoms with van der Waals surface area (Å²) in [6.45, 7) is 2.54. The van der Waals surface area contributed by atoms with Crippen LogP contribution in [0.5, 0.6) is 0 Å². The number of hydrogen-bond donors (Lipinski definition) is 1.